The van der Waals surface area contributed by atoms with E-state index < -0.39 is 0 Å². The highest BCUT2D eigenvalue weighted by molar-refractivity contribution is 9.10. The molecule has 2 N–H and O–H groups in total. The Balaban J connectivity index is 1.92. The molecule has 1 unspecified atom stereocenters. The minimum atomic E-state index is -0.246. The third-order valence-electron chi connectivity index (χ3n) is 3.26. The van der Waals surface area contributed by atoms with Crippen molar-refractivity contribution in [2.75, 3.05) is 13.1 Å². The largest absolute Gasteiger partial charge is 0.342 e. The molecule has 1 aliphatic rings. The maximum Gasteiger partial charge on any atom is 0.133 e. The molecule has 0 bridgehead atoms. The lowest BCUT2D eigenvalue weighted by molar-refractivity contribution is 0.629. The van der Waals surface area contributed by atoms with Gasteiger partial charge in [-0.3, -0.25) is 0 Å². The molecule has 1 fully saturated rings. The first-order chi connectivity index (χ1) is 8.74. The number of imidazole rings is 1. The Labute approximate surface area is 113 Å². The van der Waals surface area contributed by atoms with Crippen molar-refractivity contribution in [3.63, 3.8) is 0 Å². The lowest BCUT2D eigenvalue weighted by atomic mass is 10.1. The molecule has 2 heterocycles. The fraction of sp³-hybridized carbons (Fsp3) is 0.308. The van der Waals surface area contributed by atoms with Gasteiger partial charge in [-0.2, -0.15) is 0 Å². The average Bonchev–Trinajstić information content (AvgIpc) is 2.99. The highest BCUT2D eigenvalue weighted by Gasteiger charge is 2.20. The standard InChI is InChI=1S/C13H13BrFN3/c14-9-1-2-10(11(15)5-9)12-7-17-13(18-12)8-3-4-16-6-8/h1-2,5,7-8,16H,3-4,6H2,(H,17,18). The van der Waals surface area contributed by atoms with E-state index >= 15 is 0 Å². The molecule has 5 heteroatoms. The van der Waals surface area contributed by atoms with Crippen LogP contribution < -0.4 is 5.32 Å². The van der Waals surface area contributed by atoms with Crippen molar-refractivity contribution in [2.24, 2.45) is 0 Å². The number of nitrogens with one attached hydrogen (secondary N) is 2. The predicted octanol–water partition coefficient (Wildman–Crippen LogP) is 3.06. The summed E-state index contributed by atoms with van der Waals surface area (Å²) in [4.78, 5) is 7.59. The van der Waals surface area contributed by atoms with E-state index in [1.54, 1.807) is 12.3 Å². The first-order valence-corrected chi connectivity index (χ1v) is 6.74. The normalized spacial score (nSPS) is 19.3. The van der Waals surface area contributed by atoms with Gasteiger partial charge in [-0.25, -0.2) is 9.37 Å². The number of hydrogen-bond donors (Lipinski definition) is 2. The third-order valence-corrected chi connectivity index (χ3v) is 3.76. The number of nitrogens with zero attached hydrogens (tertiary/aromatic N) is 1. The van der Waals surface area contributed by atoms with Gasteiger partial charge in [0.05, 0.1) is 11.9 Å². The maximum absolute atomic E-state index is 13.8. The van der Waals surface area contributed by atoms with Gasteiger partial charge >= 0.3 is 0 Å². The molecular formula is C13H13BrFN3. The van der Waals surface area contributed by atoms with E-state index in [1.807, 2.05) is 6.07 Å². The van der Waals surface area contributed by atoms with Crippen LogP contribution in [0, 0.1) is 5.82 Å². The molecule has 1 aromatic heterocycles. The van der Waals surface area contributed by atoms with Crippen molar-refractivity contribution < 1.29 is 4.39 Å². The molecule has 1 atom stereocenters. The molecule has 0 aliphatic carbocycles. The number of benzene rings is 1. The second-order valence-electron chi connectivity index (χ2n) is 4.50. The van der Waals surface area contributed by atoms with Crippen LogP contribution in [0.5, 0.6) is 0 Å². The predicted molar refractivity (Wildman–Crippen MR) is 71.9 cm³/mol. The quantitative estimate of drug-likeness (QED) is 0.895. The van der Waals surface area contributed by atoms with E-state index in [9.17, 15) is 4.39 Å². The minimum absolute atomic E-state index is 0.246. The number of hydrogen-bond acceptors (Lipinski definition) is 2. The van der Waals surface area contributed by atoms with Gasteiger partial charge in [-0.05, 0) is 31.2 Å². The van der Waals surface area contributed by atoms with Crippen molar-refractivity contribution >= 4 is 15.9 Å². The molecular weight excluding hydrogens is 297 g/mol. The van der Waals surface area contributed by atoms with Crippen molar-refractivity contribution in [3.8, 4) is 11.3 Å². The van der Waals surface area contributed by atoms with Crippen LogP contribution in [0.25, 0.3) is 11.3 Å². The Morgan fingerprint density at radius 1 is 1.39 bits per heavy atom. The summed E-state index contributed by atoms with van der Waals surface area (Å²) in [6, 6.07) is 5.05. The first-order valence-electron chi connectivity index (χ1n) is 5.95. The summed E-state index contributed by atoms with van der Waals surface area (Å²) in [6.45, 7) is 1.96. The Bertz CT molecular complexity index is 561. The zero-order valence-corrected chi connectivity index (χ0v) is 11.3. The van der Waals surface area contributed by atoms with Gasteiger partial charge in [-0.15, -0.1) is 0 Å². The summed E-state index contributed by atoms with van der Waals surface area (Å²) in [7, 11) is 0. The van der Waals surface area contributed by atoms with Gasteiger partial charge in [0.15, 0.2) is 0 Å². The van der Waals surface area contributed by atoms with Gasteiger partial charge in [0.2, 0.25) is 0 Å². The molecule has 1 saturated heterocycles. The zero-order chi connectivity index (χ0) is 12.5. The summed E-state index contributed by atoms with van der Waals surface area (Å²) < 4.78 is 14.6. The van der Waals surface area contributed by atoms with Crippen molar-refractivity contribution in [1.82, 2.24) is 15.3 Å². The van der Waals surface area contributed by atoms with E-state index in [0.29, 0.717) is 11.5 Å². The third kappa shape index (κ3) is 2.20. The Hall–Kier alpha value is -1.20. The number of aromatic amines is 1. The molecule has 18 heavy (non-hydrogen) atoms. The van der Waals surface area contributed by atoms with Crippen LogP contribution in [0.2, 0.25) is 0 Å². The van der Waals surface area contributed by atoms with Crippen LogP contribution in [0.1, 0.15) is 18.2 Å². The van der Waals surface area contributed by atoms with E-state index in [2.05, 4.69) is 31.2 Å². The van der Waals surface area contributed by atoms with Gasteiger partial charge in [0.1, 0.15) is 11.6 Å². The number of rotatable bonds is 2. The van der Waals surface area contributed by atoms with E-state index in [1.165, 1.54) is 6.07 Å². The fourth-order valence-electron chi connectivity index (χ4n) is 2.28. The second-order valence-corrected chi connectivity index (χ2v) is 5.41. The molecule has 0 amide bonds. The molecule has 0 spiro atoms. The monoisotopic (exact) mass is 309 g/mol. The molecule has 94 valence electrons. The van der Waals surface area contributed by atoms with Gasteiger partial charge in [0, 0.05) is 22.5 Å². The Morgan fingerprint density at radius 3 is 3.00 bits per heavy atom. The molecule has 3 nitrogen and oxygen atoms in total. The first kappa shape index (κ1) is 11.9. The summed E-state index contributed by atoms with van der Waals surface area (Å²) in [5.41, 5.74) is 1.30. The van der Waals surface area contributed by atoms with Crippen molar-refractivity contribution in [2.45, 2.75) is 12.3 Å². The smallest absolute Gasteiger partial charge is 0.133 e. The number of halogens is 2. The summed E-state index contributed by atoms with van der Waals surface area (Å²) in [6.07, 6.45) is 2.79. The topological polar surface area (TPSA) is 40.7 Å². The van der Waals surface area contributed by atoms with Crippen molar-refractivity contribution in [1.29, 1.82) is 0 Å². The van der Waals surface area contributed by atoms with E-state index in [4.69, 9.17) is 0 Å². The second kappa shape index (κ2) is 4.82. The zero-order valence-electron chi connectivity index (χ0n) is 9.71. The van der Waals surface area contributed by atoms with E-state index in [-0.39, 0.29) is 5.82 Å². The SMILES string of the molecule is Fc1cc(Br)ccc1-c1cnc(C2CCNC2)[nH]1. The molecule has 1 aliphatic heterocycles. The highest BCUT2D eigenvalue weighted by Crippen LogP contribution is 2.26. The lowest BCUT2D eigenvalue weighted by Gasteiger charge is -2.04. The number of aromatic nitrogens is 2. The van der Waals surface area contributed by atoms with Crippen LogP contribution in [-0.2, 0) is 0 Å². The molecule has 0 saturated carbocycles. The molecule has 1 aromatic carbocycles. The van der Waals surface area contributed by atoms with E-state index in [0.717, 1.165) is 35.5 Å². The summed E-state index contributed by atoms with van der Waals surface area (Å²) in [5, 5.41) is 3.30. The van der Waals surface area contributed by atoms with Crippen LogP contribution in [0.3, 0.4) is 0 Å². The lowest BCUT2D eigenvalue weighted by Crippen LogP contribution is -2.08. The van der Waals surface area contributed by atoms with Crippen LogP contribution >= 0.6 is 15.9 Å². The highest BCUT2D eigenvalue weighted by atomic mass is 79.9. The minimum Gasteiger partial charge on any atom is -0.342 e. The van der Waals surface area contributed by atoms with Gasteiger partial charge < -0.3 is 10.3 Å². The van der Waals surface area contributed by atoms with Crippen molar-refractivity contribution in [3.05, 3.63) is 40.5 Å². The summed E-state index contributed by atoms with van der Waals surface area (Å²) in [5.74, 6) is 1.11. The molecule has 0 radical (unpaired) electrons. The number of H-pyrrole nitrogens is 1. The maximum atomic E-state index is 13.8. The Morgan fingerprint density at radius 2 is 2.28 bits per heavy atom. The fourth-order valence-corrected chi connectivity index (χ4v) is 2.61. The Kier molecular flexibility index (Phi) is 3.18. The van der Waals surface area contributed by atoms with Gasteiger partial charge in [-0.1, -0.05) is 15.9 Å². The van der Waals surface area contributed by atoms with Gasteiger partial charge in [0.25, 0.3) is 0 Å². The molecule has 2 aromatic rings. The average molecular weight is 310 g/mol. The van der Waals surface area contributed by atoms with Crippen LogP contribution in [-0.4, -0.2) is 23.1 Å². The van der Waals surface area contributed by atoms with Crippen LogP contribution in [0.4, 0.5) is 4.39 Å². The molecule has 3 rings (SSSR count). The van der Waals surface area contributed by atoms with Crippen LogP contribution in [0.15, 0.2) is 28.9 Å². The summed E-state index contributed by atoms with van der Waals surface area (Å²) >= 11 is 3.25.